The van der Waals surface area contributed by atoms with Crippen LogP contribution in [0.25, 0.3) is 11.3 Å². The highest BCUT2D eigenvalue weighted by Crippen LogP contribution is 2.28. The van der Waals surface area contributed by atoms with Gasteiger partial charge in [0.25, 0.3) is 5.56 Å². The summed E-state index contributed by atoms with van der Waals surface area (Å²) in [5.74, 6) is -0.395. The number of hydrogen-bond acceptors (Lipinski definition) is 7. The zero-order chi connectivity index (χ0) is 22.4. The van der Waals surface area contributed by atoms with Crippen LogP contribution in [-0.4, -0.2) is 29.7 Å². The standard InChI is InChI=1S/C20H14F3N5O3/c1-30-16-9-14(31-20(21,22)23)8-7-13(16)11-25-28-19-26-17(12-5-3-2-4-6-12)15(10-24)18(29)27-19/h2-9,11H,1H3,(H2,26,27,28,29). The van der Waals surface area contributed by atoms with Gasteiger partial charge in [-0.15, -0.1) is 13.2 Å². The van der Waals surface area contributed by atoms with Crippen molar-refractivity contribution in [2.24, 2.45) is 5.10 Å². The number of ether oxygens (including phenoxy) is 2. The predicted octanol–water partition coefficient (Wildman–Crippen LogP) is 3.66. The van der Waals surface area contributed by atoms with Gasteiger partial charge in [0.05, 0.1) is 19.0 Å². The highest BCUT2D eigenvalue weighted by atomic mass is 19.4. The Kier molecular flexibility index (Phi) is 6.21. The van der Waals surface area contributed by atoms with Crippen LogP contribution in [0.5, 0.6) is 11.5 Å². The predicted molar refractivity (Wildman–Crippen MR) is 106 cm³/mol. The number of methoxy groups -OCH3 is 1. The second-order valence-electron chi connectivity index (χ2n) is 5.94. The topological polar surface area (TPSA) is 112 Å². The van der Waals surface area contributed by atoms with Gasteiger partial charge in [0.1, 0.15) is 23.1 Å². The second kappa shape index (κ2) is 9.00. The van der Waals surface area contributed by atoms with Crippen molar-refractivity contribution in [1.82, 2.24) is 9.97 Å². The molecule has 3 rings (SSSR count). The highest BCUT2D eigenvalue weighted by Gasteiger charge is 2.31. The fourth-order valence-corrected chi connectivity index (χ4v) is 2.59. The molecule has 0 saturated heterocycles. The molecule has 0 spiro atoms. The van der Waals surface area contributed by atoms with E-state index in [4.69, 9.17) is 4.74 Å². The van der Waals surface area contributed by atoms with Crippen molar-refractivity contribution in [2.75, 3.05) is 12.5 Å². The van der Waals surface area contributed by atoms with Crippen molar-refractivity contribution < 1.29 is 22.6 Å². The van der Waals surface area contributed by atoms with E-state index in [9.17, 15) is 23.2 Å². The lowest BCUT2D eigenvalue weighted by molar-refractivity contribution is -0.274. The van der Waals surface area contributed by atoms with Gasteiger partial charge in [-0.25, -0.2) is 10.4 Å². The van der Waals surface area contributed by atoms with Gasteiger partial charge in [0.15, 0.2) is 0 Å². The molecule has 0 amide bonds. The maximum Gasteiger partial charge on any atom is 0.573 e. The fraction of sp³-hybridized carbons (Fsp3) is 0.100. The molecule has 0 aliphatic rings. The molecule has 1 heterocycles. The number of benzene rings is 2. The van der Waals surface area contributed by atoms with Crippen molar-refractivity contribution in [3.63, 3.8) is 0 Å². The molecule has 1 aromatic heterocycles. The van der Waals surface area contributed by atoms with E-state index < -0.39 is 17.7 Å². The molecule has 0 aliphatic heterocycles. The minimum atomic E-state index is -4.83. The third kappa shape index (κ3) is 5.39. The van der Waals surface area contributed by atoms with Crippen LogP contribution >= 0.6 is 0 Å². The van der Waals surface area contributed by atoms with Gasteiger partial charge in [-0.2, -0.15) is 10.4 Å². The van der Waals surface area contributed by atoms with E-state index in [2.05, 4.69) is 25.2 Å². The summed E-state index contributed by atoms with van der Waals surface area (Å²) in [7, 11) is 1.28. The Balaban J connectivity index is 1.85. The second-order valence-corrected chi connectivity index (χ2v) is 5.94. The average molecular weight is 429 g/mol. The molecule has 3 aromatic rings. The fourth-order valence-electron chi connectivity index (χ4n) is 2.59. The van der Waals surface area contributed by atoms with Crippen molar-refractivity contribution in [2.45, 2.75) is 6.36 Å². The van der Waals surface area contributed by atoms with Gasteiger partial charge in [0, 0.05) is 17.2 Å². The Labute approximate surface area is 173 Å². The van der Waals surface area contributed by atoms with Gasteiger partial charge in [0.2, 0.25) is 5.95 Å². The van der Waals surface area contributed by atoms with Gasteiger partial charge in [-0.1, -0.05) is 30.3 Å². The zero-order valence-corrected chi connectivity index (χ0v) is 15.9. The van der Waals surface area contributed by atoms with Gasteiger partial charge in [-0.05, 0) is 12.1 Å². The van der Waals surface area contributed by atoms with Gasteiger partial charge in [-0.3, -0.25) is 9.78 Å². The summed E-state index contributed by atoms with van der Waals surface area (Å²) in [6.07, 6.45) is -3.57. The number of aromatic amines is 1. The van der Waals surface area contributed by atoms with Crippen LogP contribution in [0.4, 0.5) is 19.1 Å². The largest absolute Gasteiger partial charge is 0.573 e. The molecular weight excluding hydrogens is 415 g/mol. The van der Waals surface area contributed by atoms with Crippen LogP contribution in [0.1, 0.15) is 11.1 Å². The Morgan fingerprint density at radius 2 is 1.97 bits per heavy atom. The molecule has 0 aliphatic carbocycles. The molecular formula is C20H14F3N5O3. The average Bonchev–Trinajstić information content (AvgIpc) is 2.73. The molecule has 158 valence electrons. The molecule has 8 nitrogen and oxygen atoms in total. The molecule has 11 heteroatoms. The van der Waals surface area contributed by atoms with E-state index >= 15 is 0 Å². The summed E-state index contributed by atoms with van der Waals surface area (Å²) < 4.78 is 46.0. The van der Waals surface area contributed by atoms with Gasteiger partial charge < -0.3 is 9.47 Å². The maximum absolute atomic E-state index is 12.4. The molecule has 0 bridgehead atoms. The van der Waals surface area contributed by atoms with Crippen LogP contribution in [0.3, 0.4) is 0 Å². The van der Waals surface area contributed by atoms with Crippen LogP contribution in [0.15, 0.2) is 58.4 Å². The Morgan fingerprint density at radius 3 is 2.61 bits per heavy atom. The summed E-state index contributed by atoms with van der Waals surface area (Å²) >= 11 is 0. The number of nitriles is 1. The molecule has 31 heavy (non-hydrogen) atoms. The minimum absolute atomic E-state index is 0.0323. The Bertz CT molecular complexity index is 1200. The van der Waals surface area contributed by atoms with E-state index in [1.165, 1.54) is 19.4 Å². The third-order valence-corrected chi connectivity index (χ3v) is 3.89. The SMILES string of the molecule is COc1cc(OC(F)(F)F)ccc1C=NNc1nc(-c2ccccc2)c(C#N)c(=O)[nH]1. The highest BCUT2D eigenvalue weighted by molar-refractivity contribution is 5.84. The monoisotopic (exact) mass is 429 g/mol. The number of nitrogens with zero attached hydrogens (tertiary/aromatic N) is 3. The van der Waals surface area contributed by atoms with E-state index in [0.717, 1.165) is 12.1 Å². The van der Waals surface area contributed by atoms with Crippen LogP contribution in [0, 0.1) is 11.3 Å². The molecule has 0 atom stereocenters. The maximum atomic E-state index is 12.4. The first kappa shape index (κ1) is 21.4. The normalized spacial score (nSPS) is 11.2. The number of hydrogen-bond donors (Lipinski definition) is 2. The quantitative estimate of drug-likeness (QED) is 0.457. The summed E-state index contributed by atoms with van der Waals surface area (Å²) in [5, 5.41) is 13.2. The zero-order valence-electron chi connectivity index (χ0n) is 15.9. The lowest BCUT2D eigenvalue weighted by Crippen LogP contribution is -2.17. The summed E-state index contributed by atoms with van der Waals surface area (Å²) in [6.45, 7) is 0. The number of H-pyrrole nitrogens is 1. The molecule has 0 radical (unpaired) electrons. The van der Waals surface area contributed by atoms with Crippen molar-refractivity contribution >= 4 is 12.2 Å². The van der Waals surface area contributed by atoms with Crippen molar-refractivity contribution in [1.29, 1.82) is 5.26 Å². The Hall–Kier alpha value is -4.33. The Morgan fingerprint density at radius 1 is 1.23 bits per heavy atom. The van der Waals surface area contributed by atoms with Crippen LogP contribution < -0.4 is 20.5 Å². The van der Waals surface area contributed by atoms with Crippen LogP contribution in [0.2, 0.25) is 0 Å². The molecule has 2 aromatic carbocycles. The molecule has 0 fully saturated rings. The number of alkyl halides is 3. The van der Waals surface area contributed by atoms with Crippen molar-refractivity contribution in [3.05, 3.63) is 70.0 Å². The number of anilines is 1. The lowest BCUT2D eigenvalue weighted by atomic mass is 10.1. The third-order valence-electron chi connectivity index (χ3n) is 3.89. The first-order chi connectivity index (χ1) is 14.8. The van der Waals surface area contributed by atoms with E-state index in [1.807, 2.05) is 6.07 Å². The summed E-state index contributed by atoms with van der Waals surface area (Å²) in [6, 6.07) is 14.0. The molecule has 0 saturated carbocycles. The molecule has 2 N–H and O–H groups in total. The molecule has 0 unspecified atom stereocenters. The smallest absolute Gasteiger partial charge is 0.496 e. The number of nitrogens with one attached hydrogen (secondary N) is 2. The van der Waals surface area contributed by atoms with Gasteiger partial charge >= 0.3 is 6.36 Å². The summed E-state index contributed by atoms with van der Waals surface area (Å²) in [5.41, 5.74) is 2.81. The number of aromatic nitrogens is 2. The summed E-state index contributed by atoms with van der Waals surface area (Å²) in [4.78, 5) is 18.8. The first-order valence-corrected chi connectivity index (χ1v) is 8.63. The first-order valence-electron chi connectivity index (χ1n) is 8.63. The van der Waals surface area contributed by atoms with Crippen molar-refractivity contribution in [3.8, 4) is 28.8 Å². The number of rotatable bonds is 6. The van der Waals surface area contributed by atoms with E-state index in [-0.39, 0.29) is 23.0 Å². The van der Waals surface area contributed by atoms with E-state index in [1.54, 1.807) is 30.3 Å². The van der Waals surface area contributed by atoms with E-state index in [0.29, 0.717) is 11.1 Å². The van der Waals surface area contributed by atoms with Crippen LogP contribution in [-0.2, 0) is 0 Å². The lowest BCUT2D eigenvalue weighted by Gasteiger charge is -2.11. The minimum Gasteiger partial charge on any atom is -0.496 e. The number of hydrazone groups is 1. The number of halogens is 3.